The van der Waals surface area contributed by atoms with Crippen LogP contribution in [0.5, 0.6) is 0 Å². The van der Waals surface area contributed by atoms with Crippen LogP contribution in [0.15, 0.2) is 42.9 Å². The lowest BCUT2D eigenvalue weighted by Crippen LogP contribution is -1.94. The highest BCUT2D eigenvalue weighted by atomic mass is 35.5. The monoisotopic (exact) mass is 353 g/mol. The average Bonchev–Trinajstić information content (AvgIpc) is 3.31. The second-order valence-electron chi connectivity index (χ2n) is 6.07. The Kier molecular flexibility index (Phi) is 3.15. The van der Waals surface area contributed by atoms with Crippen LogP contribution in [0.25, 0.3) is 28.0 Å². The number of halogens is 2. The van der Waals surface area contributed by atoms with Gasteiger partial charge in [-0.25, -0.2) is 13.9 Å². The Labute approximate surface area is 147 Å². The molecule has 0 radical (unpaired) electrons. The maximum atomic E-state index is 14.5. The first-order chi connectivity index (χ1) is 12.2. The van der Waals surface area contributed by atoms with E-state index in [9.17, 15) is 4.39 Å². The van der Waals surface area contributed by atoms with Gasteiger partial charge in [-0.05, 0) is 43.2 Å². The molecule has 7 heteroatoms. The van der Waals surface area contributed by atoms with Crippen molar-refractivity contribution in [1.82, 2.24) is 24.4 Å². The molecule has 5 rings (SSSR count). The van der Waals surface area contributed by atoms with E-state index in [0.717, 1.165) is 41.9 Å². The number of hydrogen-bond donors (Lipinski definition) is 0. The molecular weight excluding hydrogens is 341 g/mol. The van der Waals surface area contributed by atoms with Gasteiger partial charge in [-0.2, -0.15) is 10.2 Å². The first kappa shape index (κ1) is 14.6. The van der Waals surface area contributed by atoms with Crippen LogP contribution in [0.4, 0.5) is 4.39 Å². The van der Waals surface area contributed by atoms with Crippen molar-refractivity contribution >= 4 is 17.2 Å². The highest BCUT2D eigenvalue weighted by Crippen LogP contribution is 2.40. The maximum Gasteiger partial charge on any atom is 0.163 e. The molecule has 0 unspecified atom stereocenters. The molecule has 1 aromatic carbocycles. The van der Waals surface area contributed by atoms with Crippen molar-refractivity contribution in [3.63, 3.8) is 0 Å². The van der Waals surface area contributed by atoms with Crippen molar-refractivity contribution in [2.24, 2.45) is 0 Å². The summed E-state index contributed by atoms with van der Waals surface area (Å²) in [5.74, 6) is -0.337. The van der Waals surface area contributed by atoms with Gasteiger partial charge in [0.2, 0.25) is 0 Å². The van der Waals surface area contributed by atoms with Gasteiger partial charge in [0, 0.05) is 40.1 Å². The van der Waals surface area contributed by atoms with Crippen molar-refractivity contribution < 1.29 is 4.39 Å². The maximum absolute atomic E-state index is 14.5. The Morgan fingerprint density at radius 1 is 1.16 bits per heavy atom. The molecule has 124 valence electrons. The summed E-state index contributed by atoms with van der Waals surface area (Å²) in [7, 11) is 0. The van der Waals surface area contributed by atoms with E-state index in [1.54, 1.807) is 16.6 Å². The van der Waals surface area contributed by atoms with Gasteiger partial charge in [0.1, 0.15) is 17.8 Å². The summed E-state index contributed by atoms with van der Waals surface area (Å²) in [6.45, 7) is 0.834. The van der Waals surface area contributed by atoms with Gasteiger partial charge in [0.15, 0.2) is 5.65 Å². The van der Waals surface area contributed by atoms with Gasteiger partial charge < -0.3 is 0 Å². The van der Waals surface area contributed by atoms with Gasteiger partial charge in [-0.1, -0.05) is 11.6 Å². The highest BCUT2D eigenvalue weighted by molar-refractivity contribution is 6.30. The summed E-state index contributed by atoms with van der Waals surface area (Å²) in [6, 6.07) is 8.44. The lowest BCUT2D eigenvalue weighted by Gasteiger charge is -2.08. The molecule has 0 fully saturated rings. The summed E-state index contributed by atoms with van der Waals surface area (Å²) in [6.07, 6.45) is 5.29. The normalized spacial score (nSPS) is 13.5. The number of benzene rings is 1. The lowest BCUT2D eigenvalue weighted by molar-refractivity contribution is 0.627. The SMILES string of the molecule is Fc1ccc(Cl)cc1-c1nn2c(c1-c1cccn3ncnc13)CCC2. The molecule has 0 saturated carbocycles. The number of nitrogens with zero attached hydrogens (tertiary/aromatic N) is 5. The minimum Gasteiger partial charge on any atom is -0.268 e. The van der Waals surface area contributed by atoms with Gasteiger partial charge >= 0.3 is 0 Å². The van der Waals surface area contributed by atoms with Gasteiger partial charge in [0.05, 0.1) is 0 Å². The lowest BCUT2D eigenvalue weighted by atomic mass is 9.98. The van der Waals surface area contributed by atoms with Crippen LogP contribution in [0.3, 0.4) is 0 Å². The predicted octanol–water partition coefficient (Wildman–Crippen LogP) is 4.00. The van der Waals surface area contributed by atoms with Crippen LogP contribution >= 0.6 is 11.6 Å². The van der Waals surface area contributed by atoms with Crippen LogP contribution in [0.1, 0.15) is 12.1 Å². The summed E-state index contributed by atoms with van der Waals surface area (Å²) in [5.41, 5.74) is 4.66. The van der Waals surface area contributed by atoms with Crippen molar-refractivity contribution in [3.8, 4) is 22.4 Å². The van der Waals surface area contributed by atoms with Crippen LogP contribution in [-0.2, 0) is 13.0 Å². The summed E-state index contributed by atoms with van der Waals surface area (Å²) in [4.78, 5) is 4.37. The van der Waals surface area contributed by atoms with Gasteiger partial charge in [-0.3, -0.25) is 4.68 Å². The first-order valence-corrected chi connectivity index (χ1v) is 8.44. The second-order valence-corrected chi connectivity index (χ2v) is 6.51. The van der Waals surface area contributed by atoms with E-state index in [2.05, 4.69) is 10.1 Å². The molecular formula is C18H13ClFN5. The smallest absolute Gasteiger partial charge is 0.163 e. The molecule has 0 N–H and O–H groups in total. The Balaban J connectivity index is 1.85. The zero-order valence-corrected chi connectivity index (χ0v) is 13.9. The molecule has 0 saturated heterocycles. The molecule has 25 heavy (non-hydrogen) atoms. The number of aryl methyl sites for hydroxylation is 1. The Morgan fingerprint density at radius 2 is 2.08 bits per heavy atom. The summed E-state index contributed by atoms with van der Waals surface area (Å²) < 4.78 is 18.2. The molecule has 0 spiro atoms. The average molecular weight is 354 g/mol. The number of fused-ring (bicyclic) bond motifs is 2. The van der Waals surface area contributed by atoms with E-state index in [0.29, 0.717) is 16.3 Å². The Bertz CT molecular complexity index is 1110. The molecule has 0 bridgehead atoms. The third-order valence-corrected chi connectivity index (χ3v) is 4.83. The Hall–Kier alpha value is -2.73. The van der Waals surface area contributed by atoms with E-state index >= 15 is 0 Å². The third-order valence-electron chi connectivity index (χ3n) is 4.60. The zero-order valence-electron chi connectivity index (χ0n) is 13.2. The van der Waals surface area contributed by atoms with E-state index in [1.165, 1.54) is 12.4 Å². The van der Waals surface area contributed by atoms with Crippen molar-refractivity contribution in [2.45, 2.75) is 19.4 Å². The predicted molar refractivity (Wildman–Crippen MR) is 92.9 cm³/mol. The fraction of sp³-hybridized carbons (Fsp3) is 0.167. The molecule has 5 nitrogen and oxygen atoms in total. The van der Waals surface area contributed by atoms with Gasteiger partial charge in [0.25, 0.3) is 0 Å². The molecule has 1 aliphatic heterocycles. The van der Waals surface area contributed by atoms with E-state index in [1.807, 2.05) is 23.0 Å². The summed E-state index contributed by atoms with van der Waals surface area (Å²) >= 11 is 6.11. The van der Waals surface area contributed by atoms with Crippen molar-refractivity contribution in [2.75, 3.05) is 0 Å². The topological polar surface area (TPSA) is 48.0 Å². The van der Waals surface area contributed by atoms with Crippen LogP contribution in [0.2, 0.25) is 5.02 Å². The molecule has 0 amide bonds. The van der Waals surface area contributed by atoms with Crippen molar-refractivity contribution in [3.05, 3.63) is 59.4 Å². The minimum absolute atomic E-state index is 0.337. The number of pyridine rings is 1. The van der Waals surface area contributed by atoms with Crippen LogP contribution in [-0.4, -0.2) is 24.4 Å². The fourth-order valence-corrected chi connectivity index (χ4v) is 3.70. The minimum atomic E-state index is -0.337. The molecule has 1 aliphatic rings. The quantitative estimate of drug-likeness (QED) is 0.547. The molecule has 0 aliphatic carbocycles. The third kappa shape index (κ3) is 2.17. The fourth-order valence-electron chi connectivity index (χ4n) is 3.53. The molecule has 0 atom stereocenters. The van der Waals surface area contributed by atoms with Crippen LogP contribution < -0.4 is 0 Å². The first-order valence-electron chi connectivity index (χ1n) is 8.06. The molecule has 4 heterocycles. The summed E-state index contributed by atoms with van der Waals surface area (Å²) in [5, 5.41) is 9.37. The van der Waals surface area contributed by atoms with Crippen molar-refractivity contribution in [1.29, 1.82) is 0 Å². The second kappa shape index (κ2) is 5.39. The highest BCUT2D eigenvalue weighted by Gasteiger charge is 2.27. The number of rotatable bonds is 2. The van der Waals surface area contributed by atoms with Gasteiger partial charge in [-0.15, -0.1) is 0 Å². The van der Waals surface area contributed by atoms with E-state index in [4.69, 9.17) is 16.7 Å². The number of aromatic nitrogens is 5. The molecule has 4 aromatic rings. The standard InChI is InChI=1S/C18H13ClFN5/c19-11-5-6-14(20)13(9-11)17-16(15-4-2-7-24(15)23-17)12-3-1-8-25-18(12)21-10-22-25/h1,3,5-6,8-10H,2,4,7H2. The Morgan fingerprint density at radius 3 is 3.00 bits per heavy atom. The largest absolute Gasteiger partial charge is 0.268 e. The van der Waals surface area contributed by atoms with E-state index < -0.39 is 0 Å². The number of hydrogen-bond acceptors (Lipinski definition) is 3. The zero-order chi connectivity index (χ0) is 17.0. The molecule has 3 aromatic heterocycles. The van der Waals surface area contributed by atoms with Crippen LogP contribution in [0, 0.1) is 5.82 Å². The van der Waals surface area contributed by atoms with E-state index in [-0.39, 0.29) is 5.82 Å².